The van der Waals surface area contributed by atoms with Crippen LogP contribution in [0, 0.1) is 0 Å². The standard InChI is InChI=1S/C21H22N4O5S/c1-21(2)20(26)25(3)17-11-22-15-7-6-12(8-14(15)18(17)30-21)13-9-16(24-31(5,27)28)19(29-4)23-10-13/h6-11,24H,1-5H3. The van der Waals surface area contributed by atoms with Crippen LogP contribution in [0.4, 0.5) is 11.4 Å². The Balaban J connectivity index is 1.87. The third-order valence-electron chi connectivity index (χ3n) is 5.01. The number of rotatable bonds is 4. The fourth-order valence-electron chi connectivity index (χ4n) is 3.54. The van der Waals surface area contributed by atoms with E-state index in [9.17, 15) is 13.2 Å². The molecule has 0 unspecified atom stereocenters. The molecule has 31 heavy (non-hydrogen) atoms. The second-order valence-corrected chi connectivity index (χ2v) is 9.58. The molecular weight excluding hydrogens is 420 g/mol. The number of aromatic nitrogens is 2. The van der Waals surface area contributed by atoms with E-state index in [-0.39, 0.29) is 17.5 Å². The Morgan fingerprint density at radius 3 is 2.55 bits per heavy atom. The molecule has 1 aliphatic rings. The van der Waals surface area contributed by atoms with Gasteiger partial charge in [0, 0.05) is 24.2 Å². The number of hydrogen-bond donors (Lipinski definition) is 1. The van der Waals surface area contributed by atoms with Gasteiger partial charge in [-0.2, -0.15) is 0 Å². The van der Waals surface area contributed by atoms with Gasteiger partial charge < -0.3 is 14.4 Å². The van der Waals surface area contributed by atoms with Gasteiger partial charge in [0.25, 0.3) is 5.91 Å². The van der Waals surface area contributed by atoms with Gasteiger partial charge in [0.05, 0.1) is 25.1 Å². The first-order valence-electron chi connectivity index (χ1n) is 9.42. The van der Waals surface area contributed by atoms with Crippen molar-refractivity contribution in [2.75, 3.05) is 30.0 Å². The maximum Gasteiger partial charge on any atom is 0.270 e. The summed E-state index contributed by atoms with van der Waals surface area (Å²) in [6.45, 7) is 3.45. The van der Waals surface area contributed by atoms with E-state index < -0.39 is 15.6 Å². The first kappa shape index (κ1) is 20.9. The molecule has 2 aromatic heterocycles. The highest BCUT2D eigenvalue weighted by Crippen LogP contribution is 2.42. The molecule has 1 N–H and O–H groups in total. The molecule has 0 atom stereocenters. The molecule has 1 aromatic carbocycles. The Kier molecular flexibility index (Phi) is 4.77. The highest BCUT2D eigenvalue weighted by Gasteiger charge is 2.40. The lowest BCUT2D eigenvalue weighted by molar-refractivity contribution is -0.132. The highest BCUT2D eigenvalue weighted by molar-refractivity contribution is 7.92. The predicted octanol–water partition coefficient (Wildman–Crippen LogP) is 2.81. The molecule has 0 saturated carbocycles. The zero-order chi connectivity index (χ0) is 22.6. The first-order valence-corrected chi connectivity index (χ1v) is 11.3. The number of nitrogens with zero attached hydrogens (tertiary/aromatic N) is 3. The summed E-state index contributed by atoms with van der Waals surface area (Å²) in [4.78, 5) is 22.8. The summed E-state index contributed by atoms with van der Waals surface area (Å²) < 4.78 is 37.1. The number of likely N-dealkylation sites (N-methyl/N-ethyl adjacent to an activating group) is 1. The molecule has 9 nitrogen and oxygen atoms in total. The van der Waals surface area contributed by atoms with Crippen LogP contribution in [0.5, 0.6) is 11.6 Å². The SMILES string of the molecule is COc1ncc(-c2ccc3ncc4c(c3c2)OC(C)(C)C(=O)N4C)cc1NS(C)(=O)=O. The van der Waals surface area contributed by atoms with Gasteiger partial charge >= 0.3 is 0 Å². The van der Waals surface area contributed by atoms with E-state index in [4.69, 9.17) is 9.47 Å². The van der Waals surface area contributed by atoms with Gasteiger partial charge in [-0.3, -0.25) is 14.5 Å². The second kappa shape index (κ2) is 7.09. The Bertz CT molecular complexity index is 1320. The molecule has 0 spiro atoms. The summed E-state index contributed by atoms with van der Waals surface area (Å²) in [5.41, 5.74) is 1.96. The van der Waals surface area contributed by atoms with E-state index in [1.54, 1.807) is 44.3 Å². The lowest BCUT2D eigenvalue weighted by Crippen LogP contribution is -2.51. The number of methoxy groups -OCH3 is 1. The molecule has 3 aromatic rings. The van der Waals surface area contributed by atoms with Crippen molar-refractivity contribution in [2.45, 2.75) is 19.4 Å². The Morgan fingerprint density at radius 2 is 1.87 bits per heavy atom. The molecule has 0 radical (unpaired) electrons. The number of hydrogen-bond acceptors (Lipinski definition) is 7. The minimum absolute atomic E-state index is 0.159. The van der Waals surface area contributed by atoms with Gasteiger partial charge in [0.15, 0.2) is 11.4 Å². The maximum atomic E-state index is 12.5. The van der Waals surface area contributed by atoms with Crippen LogP contribution in [0.3, 0.4) is 0 Å². The molecule has 3 heterocycles. The number of amides is 1. The monoisotopic (exact) mass is 442 g/mol. The Morgan fingerprint density at radius 1 is 1.13 bits per heavy atom. The number of nitrogens with one attached hydrogen (secondary N) is 1. The largest absolute Gasteiger partial charge is 0.480 e. The van der Waals surface area contributed by atoms with Gasteiger partial charge in [0.2, 0.25) is 15.9 Å². The van der Waals surface area contributed by atoms with Crippen LogP contribution in [-0.2, 0) is 14.8 Å². The van der Waals surface area contributed by atoms with Crippen molar-refractivity contribution >= 4 is 38.2 Å². The minimum Gasteiger partial charge on any atom is -0.480 e. The van der Waals surface area contributed by atoms with Gasteiger partial charge in [-0.1, -0.05) is 6.07 Å². The molecule has 10 heteroatoms. The van der Waals surface area contributed by atoms with Crippen LogP contribution in [0.25, 0.3) is 22.0 Å². The molecular formula is C21H22N4O5S. The van der Waals surface area contributed by atoms with E-state index in [0.29, 0.717) is 22.5 Å². The summed E-state index contributed by atoms with van der Waals surface area (Å²) in [7, 11) is -0.406. The number of carbonyl (C=O) groups is 1. The number of sulfonamides is 1. The zero-order valence-corrected chi connectivity index (χ0v) is 18.6. The molecule has 1 amide bonds. The van der Waals surface area contributed by atoms with E-state index >= 15 is 0 Å². The molecule has 0 saturated heterocycles. The number of pyridine rings is 2. The summed E-state index contributed by atoms with van der Waals surface area (Å²) in [5, 5.41) is 0.732. The fourth-order valence-corrected chi connectivity index (χ4v) is 4.09. The van der Waals surface area contributed by atoms with Gasteiger partial charge in [0.1, 0.15) is 11.4 Å². The van der Waals surface area contributed by atoms with Crippen LogP contribution in [0.2, 0.25) is 0 Å². The summed E-state index contributed by atoms with van der Waals surface area (Å²) in [5.74, 6) is 0.572. The first-order chi connectivity index (χ1) is 14.5. The van der Waals surface area contributed by atoms with Gasteiger partial charge in [-0.25, -0.2) is 13.4 Å². The third-order valence-corrected chi connectivity index (χ3v) is 5.60. The lowest BCUT2D eigenvalue weighted by Gasteiger charge is -2.37. The number of ether oxygens (including phenoxy) is 2. The van der Waals surface area contributed by atoms with Crippen molar-refractivity contribution in [3.63, 3.8) is 0 Å². The average Bonchev–Trinajstić information content (AvgIpc) is 2.70. The molecule has 4 rings (SSSR count). The number of anilines is 2. The van der Waals surface area contributed by atoms with Crippen molar-refractivity contribution in [1.29, 1.82) is 0 Å². The predicted molar refractivity (Wildman–Crippen MR) is 118 cm³/mol. The maximum absolute atomic E-state index is 12.5. The fraction of sp³-hybridized carbons (Fsp3) is 0.286. The number of carbonyl (C=O) groups excluding carboxylic acids is 1. The lowest BCUT2D eigenvalue weighted by atomic mass is 10.0. The van der Waals surface area contributed by atoms with Crippen LogP contribution in [0.1, 0.15) is 13.8 Å². The van der Waals surface area contributed by atoms with E-state index in [0.717, 1.165) is 17.2 Å². The van der Waals surface area contributed by atoms with Gasteiger partial charge in [-0.15, -0.1) is 0 Å². The summed E-state index contributed by atoms with van der Waals surface area (Å²) in [6.07, 6.45) is 4.27. The Labute approximate surface area is 180 Å². The van der Waals surface area contributed by atoms with Crippen LogP contribution in [-0.4, -0.2) is 50.3 Å². The average molecular weight is 442 g/mol. The van der Waals surface area contributed by atoms with Crippen molar-refractivity contribution in [2.24, 2.45) is 0 Å². The van der Waals surface area contributed by atoms with E-state index in [1.807, 2.05) is 18.2 Å². The van der Waals surface area contributed by atoms with E-state index in [2.05, 4.69) is 14.7 Å². The van der Waals surface area contributed by atoms with Crippen molar-refractivity contribution in [3.8, 4) is 22.8 Å². The number of fused-ring (bicyclic) bond motifs is 3. The van der Waals surface area contributed by atoms with Crippen molar-refractivity contribution in [1.82, 2.24) is 9.97 Å². The Hall–Kier alpha value is -3.40. The smallest absolute Gasteiger partial charge is 0.270 e. The highest BCUT2D eigenvalue weighted by atomic mass is 32.2. The van der Waals surface area contributed by atoms with Crippen molar-refractivity contribution < 1.29 is 22.7 Å². The van der Waals surface area contributed by atoms with Gasteiger partial charge in [-0.05, 0) is 37.6 Å². The topological polar surface area (TPSA) is 111 Å². The summed E-state index contributed by atoms with van der Waals surface area (Å²) in [6, 6.07) is 7.23. The van der Waals surface area contributed by atoms with Crippen LogP contribution < -0.4 is 19.1 Å². The summed E-state index contributed by atoms with van der Waals surface area (Å²) >= 11 is 0. The second-order valence-electron chi connectivity index (χ2n) is 7.84. The van der Waals surface area contributed by atoms with Crippen LogP contribution in [0.15, 0.2) is 36.7 Å². The van der Waals surface area contributed by atoms with Crippen LogP contribution >= 0.6 is 0 Å². The minimum atomic E-state index is -3.52. The molecule has 0 aliphatic carbocycles. The third kappa shape index (κ3) is 3.74. The molecule has 0 fully saturated rings. The molecule has 0 bridgehead atoms. The quantitative estimate of drug-likeness (QED) is 0.661. The number of benzene rings is 1. The molecule has 162 valence electrons. The van der Waals surface area contributed by atoms with Crippen molar-refractivity contribution in [3.05, 3.63) is 36.7 Å². The van der Waals surface area contributed by atoms with E-state index in [1.165, 1.54) is 7.11 Å². The molecule has 1 aliphatic heterocycles. The normalized spacial score (nSPS) is 15.4. The zero-order valence-electron chi connectivity index (χ0n) is 17.8.